The van der Waals surface area contributed by atoms with Crippen molar-refractivity contribution in [2.75, 3.05) is 7.11 Å². The number of hydrogen-bond donors (Lipinski definition) is 0. The van der Waals surface area contributed by atoms with Crippen molar-refractivity contribution < 1.29 is 3.76 Å². The van der Waals surface area contributed by atoms with Crippen molar-refractivity contribution in [3.63, 3.8) is 0 Å². The van der Waals surface area contributed by atoms with Gasteiger partial charge in [0.25, 0.3) is 0 Å². The summed E-state index contributed by atoms with van der Waals surface area (Å²) in [6.45, 7) is 47.9. The van der Waals surface area contributed by atoms with Crippen LogP contribution in [0.15, 0.2) is 35.3 Å². The fraction of sp³-hybridized carbons (Fsp3) is 0.697. The van der Waals surface area contributed by atoms with Gasteiger partial charge in [0.05, 0.1) is 0 Å². The predicted octanol–water partition coefficient (Wildman–Crippen LogP) is 10.7. The van der Waals surface area contributed by atoms with Gasteiger partial charge in [0, 0.05) is 0 Å². The zero-order valence-corrected chi connectivity index (χ0v) is 38.9. The molecule has 1 aromatic carbocycles. The van der Waals surface area contributed by atoms with Gasteiger partial charge in [-0.1, -0.05) is 0 Å². The van der Waals surface area contributed by atoms with Crippen molar-refractivity contribution in [1.29, 1.82) is 0 Å². The zero-order chi connectivity index (χ0) is 32.2. The summed E-state index contributed by atoms with van der Waals surface area (Å²) in [4.78, 5) is 2.60. The van der Waals surface area contributed by atoms with Gasteiger partial charge < -0.3 is 0 Å². The molecule has 0 saturated carbocycles. The fourth-order valence-electron chi connectivity index (χ4n) is 9.63. The maximum absolute atomic E-state index is 6.96. The van der Waals surface area contributed by atoms with E-state index in [-0.39, 0.29) is 0 Å². The van der Waals surface area contributed by atoms with E-state index < -0.39 is 62.0 Å². The molecule has 0 fully saturated rings. The van der Waals surface area contributed by atoms with E-state index >= 15 is 0 Å². The third kappa shape index (κ3) is 8.61. The monoisotopic (exact) mass is 722 g/mol. The molecule has 1 aliphatic heterocycles. The molecular formula is C33H68GeOSi6. The van der Waals surface area contributed by atoms with E-state index in [0.717, 1.165) is 10.4 Å². The summed E-state index contributed by atoms with van der Waals surface area (Å²) >= 11 is -3.06. The van der Waals surface area contributed by atoms with Crippen molar-refractivity contribution in [1.82, 2.24) is 0 Å². The molecule has 234 valence electrons. The molecule has 1 aromatic rings. The van der Waals surface area contributed by atoms with E-state index in [4.69, 9.17) is 3.76 Å². The molecule has 1 nitrogen and oxygen atoms in total. The Morgan fingerprint density at radius 2 is 0.878 bits per heavy atom. The topological polar surface area (TPSA) is 9.23 Å². The summed E-state index contributed by atoms with van der Waals surface area (Å²) in [5.74, 6) is 0. The molecule has 1 heterocycles. The van der Waals surface area contributed by atoms with Crippen LogP contribution in [-0.4, -0.2) is 69.2 Å². The van der Waals surface area contributed by atoms with Crippen molar-refractivity contribution in [3.05, 3.63) is 52.0 Å². The Labute approximate surface area is 266 Å². The van der Waals surface area contributed by atoms with Gasteiger partial charge in [0.1, 0.15) is 0 Å². The van der Waals surface area contributed by atoms with Crippen LogP contribution in [0, 0.1) is 0 Å². The fourth-order valence-corrected chi connectivity index (χ4v) is 56.0. The zero-order valence-electron chi connectivity index (χ0n) is 30.8. The third-order valence-electron chi connectivity index (χ3n) is 9.19. The van der Waals surface area contributed by atoms with Crippen LogP contribution in [0.1, 0.15) is 32.2 Å². The molecule has 0 saturated heterocycles. The first-order chi connectivity index (χ1) is 18.1. The van der Waals surface area contributed by atoms with Gasteiger partial charge in [-0.05, 0) is 0 Å². The van der Waals surface area contributed by atoms with E-state index in [1.165, 1.54) is 0 Å². The third-order valence-corrected chi connectivity index (χ3v) is 44.9. The van der Waals surface area contributed by atoms with Crippen molar-refractivity contribution >= 4 is 66.4 Å². The maximum atomic E-state index is 6.96. The minimum absolute atomic E-state index is 0.716. The Morgan fingerprint density at radius 1 is 0.537 bits per heavy atom. The first kappa shape index (κ1) is 37.7. The number of allylic oxidation sites excluding steroid dienone is 3. The molecule has 8 heteroatoms. The van der Waals surface area contributed by atoms with Crippen molar-refractivity contribution in [2.45, 2.75) is 139 Å². The molecule has 0 aromatic heterocycles. The van der Waals surface area contributed by atoms with Gasteiger partial charge in [-0.2, -0.15) is 0 Å². The molecule has 0 N–H and O–H groups in total. The molecule has 41 heavy (non-hydrogen) atoms. The first-order valence-electron chi connectivity index (χ1n) is 16.2. The average molecular weight is 722 g/mol. The Morgan fingerprint density at radius 3 is 1.12 bits per heavy atom. The molecule has 1 aliphatic rings. The minimum atomic E-state index is -3.06. The van der Waals surface area contributed by atoms with Crippen LogP contribution in [0.4, 0.5) is 0 Å². The summed E-state index contributed by atoms with van der Waals surface area (Å²) in [6, 6.07) is 5.70. The first-order valence-corrected chi connectivity index (χ1v) is 42.2. The number of benzene rings is 1. The van der Waals surface area contributed by atoms with E-state index in [9.17, 15) is 0 Å². The molecule has 1 atom stereocenters. The van der Waals surface area contributed by atoms with Crippen molar-refractivity contribution in [3.8, 4) is 0 Å². The second kappa shape index (κ2) is 12.4. The Kier molecular flexibility index (Phi) is 11.4. The van der Waals surface area contributed by atoms with Crippen LogP contribution < -0.4 is 4.40 Å². The SMILES string of the molecule is C[O][Ge]1([c]2c(C([Si](C)(C)C)[Si](C)(C)C)cc(C([Si](C)(C)C)[Si](C)(C)C)cc2C([Si](C)(C)C)[Si](C)(C)C)[CH]=CC=C[CH2]1. The van der Waals surface area contributed by atoms with Crippen LogP contribution in [0.5, 0.6) is 0 Å². The summed E-state index contributed by atoms with van der Waals surface area (Å²) in [6.07, 6.45) is 7.05. The summed E-state index contributed by atoms with van der Waals surface area (Å²) < 4.78 is 8.73. The number of rotatable bonds is 11. The van der Waals surface area contributed by atoms with Crippen LogP contribution in [0.25, 0.3) is 0 Å². The van der Waals surface area contributed by atoms with Gasteiger partial charge in [-0.25, -0.2) is 0 Å². The molecule has 0 aliphatic carbocycles. The summed E-state index contributed by atoms with van der Waals surface area (Å²) in [5.41, 5.74) is 5.28. The van der Waals surface area contributed by atoms with Crippen LogP contribution in [0.3, 0.4) is 0 Å². The second-order valence-corrected chi connectivity index (χ2v) is 60.4. The van der Waals surface area contributed by atoms with E-state index in [1.54, 1.807) is 21.1 Å². The standard InChI is InChI=1S/C33H68GeOSi6/c1-35-34(23-21-20-22-24-34)30-28(32(38(8,9)10)39(11,12)13)25-27(31(36(2,3)4)37(5,6)7)26-29(30)33(40(14,15)16)41(17,18)19/h20-23,25-26,31-33H,24H2,1-19H3. The summed E-state index contributed by atoms with van der Waals surface area (Å²) in [5, 5.41) is 3.30. The molecule has 0 spiro atoms. The normalized spacial score (nSPS) is 19.7. The Bertz CT molecular complexity index is 1040. The molecule has 0 amide bonds. The molecule has 0 bridgehead atoms. The molecule has 0 radical (unpaired) electrons. The predicted molar refractivity (Wildman–Crippen MR) is 210 cm³/mol. The molecular weight excluding hydrogens is 653 g/mol. The number of hydrogen-bond acceptors (Lipinski definition) is 1. The van der Waals surface area contributed by atoms with Gasteiger partial charge in [-0.15, -0.1) is 0 Å². The van der Waals surface area contributed by atoms with Crippen LogP contribution in [0.2, 0.25) is 123 Å². The summed E-state index contributed by atoms with van der Waals surface area (Å²) in [7, 11) is -7.15. The molecule has 1 unspecified atom stereocenters. The van der Waals surface area contributed by atoms with Gasteiger partial charge >= 0.3 is 268 Å². The van der Waals surface area contributed by atoms with Crippen molar-refractivity contribution in [2.24, 2.45) is 0 Å². The quantitative estimate of drug-likeness (QED) is 0.207. The van der Waals surface area contributed by atoms with Gasteiger partial charge in [-0.3, -0.25) is 0 Å². The van der Waals surface area contributed by atoms with Gasteiger partial charge in [0.2, 0.25) is 0 Å². The second-order valence-electron chi connectivity index (χ2n) is 19.7. The molecule has 2 rings (SSSR count). The van der Waals surface area contributed by atoms with E-state index in [1.807, 2.05) is 0 Å². The van der Waals surface area contributed by atoms with Crippen LogP contribution >= 0.6 is 0 Å². The van der Waals surface area contributed by atoms with Gasteiger partial charge in [0.15, 0.2) is 0 Å². The average Bonchev–Trinajstić information content (AvgIpc) is 2.67. The van der Waals surface area contributed by atoms with E-state index in [2.05, 4.69) is 160 Å². The Hall–Kier alpha value is 0.504. The Balaban J connectivity index is 3.41. The van der Waals surface area contributed by atoms with E-state index in [0.29, 0.717) is 10.3 Å². The van der Waals surface area contributed by atoms with Crippen LogP contribution in [-0.2, 0) is 3.76 Å².